The van der Waals surface area contributed by atoms with Gasteiger partial charge in [-0.2, -0.15) is 0 Å². The number of phenols is 1. The average molecular weight is 252 g/mol. The molecule has 3 N–H and O–H groups in total. The second-order valence-corrected chi connectivity index (χ2v) is 4.95. The van der Waals surface area contributed by atoms with Crippen molar-refractivity contribution in [3.63, 3.8) is 0 Å². The number of hydrogen-bond acceptors (Lipinski definition) is 4. The Morgan fingerprint density at radius 2 is 2.18 bits per heavy atom. The van der Waals surface area contributed by atoms with Gasteiger partial charge in [0.25, 0.3) is 0 Å². The van der Waals surface area contributed by atoms with Gasteiger partial charge in [-0.25, -0.2) is 9.37 Å². The number of aryl methyl sites for hydroxylation is 1. The van der Waals surface area contributed by atoms with E-state index in [1.807, 2.05) is 13.8 Å². The standard InChI is InChI=1S/C12H13FN2OS/c1-6(14)11-7(2)15-12(17-11)8-3-4-10(16)9(13)5-8/h3-6,16H,14H2,1-2H3. The van der Waals surface area contributed by atoms with Crippen molar-refractivity contribution in [2.24, 2.45) is 5.73 Å². The van der Waals surface area contributed by atoms with Crippen molar-refractivity contribution in [2.75, 3.05) is 0 Å². The summed E-state index contributed by atoms with van der Waals surface area (Å²) in [7, 11) is 0. The first-order valence-corrected chi connectivity index (χ1v) is 6.02. The third-order valence-corrected chi connectivity index (χ3v) is 3.85. The number of halogens is 1. The fourth-order valence-corrected chi connectivity index (χ4v) is 2.61. The van der Waals surface area contributed by atoms with E-state index in [-0.39, 0.29) is 11.8 Å². The number of hydrogen-bond donors (Lipinski definition) is 2. The van der Waals surface area contributed by atoms with E-state index >= 15 is 0 Å². The van der Waals surface area contributed by atoms with Gasteiger partial charge in [0.1, 0.15) is 5.01 Å². The number of aromatic hydroxyl groups is 1. The van der Waals surface area contributed by atoms with Crippen LogP contribution in [-0.4, -0.2) is 10.1 Å². The number of phenolic OH excluding ortho intramolecular Hbond substituents is 1. The van der Waals surface area contributed by atoms with E-state index in [0.717, 1.165) is 10.6 Å². The molecule has 90 valence electrons. The lowest BCUT2D eigenvalue weighted by atomic mass is 10.2. The normalized spacial score (nSPS) is 12.7. The number of benzene rings is 1. The van der Waals surface area contributed by atoms with Crippen molar-refractivity contribution in [3.05, 3.63) is 34.6 Å². The maximum Gasteiger partial charge on any atom is 0.165 e. The van der Waals surface area contributed by atoms with Crippen LogP contribution in [0.15, 0.2) is 18.2 Å². The van der Waals surface area contributed by atoms with Crippen molar-refractivity contribution >= 4 is 11.3 Å². The van der Waals surface area contributed by atoms with Crippen molar-refractivity contribution in [1.29, 1.82) is 0 Å². The molecule has 0 fully saturated rings. The summed E-state index contributed by atoms with van der Waals surface area (Å²) in [4.78, 5) is 5.36. The van der Waals surface area contributed by atoms with Crippen LogP contribution in [0, 0.1) is 12.7 Å². The molecule has 0 aliphatic heterocycles. The van der Waals surface area contributed by atoms with Gasteiger partial charge in [0.15, 0.2) is 11.6 Å². The Hall–Kier alpha value is -1.46. The van der Waals surface area contributed by atoms with Crippen LogP contribution in [0.5, 0.6) is 5.75 Å². The van der Waals surface area contributed by atoms with Gasteiger partial charge < -0.3 is 10.8 Å². The lowest BCUT2D eigenvalue weighted by molar-refractivity contribution is 0.432. The van der Waals surface area contributed by atoms with E-state index < -0.39 is 5.82 Å². The molecule has 17 heavy (non-hydrogen) atoms. The van der Waals surface area contributed by atoms with Crippen LogP contribution in [0.25, 0.3) is 10.6 Å². The fraction of sp³-hybridized carbons (Fsp3) is 0.250. The minimum atomic E-state index is -0.641. The lowest BCUT2D eigenvalue weighted by Crippen LogP contribution is -2.03. The van der Waals surface area contributed by atoms with E-state index in [0.29, 0.717) is 10.6 Å². The fourth-order valence-electron chi connectivity index (χ4n) is 1.59. The van der Waals surface area contributed by atoms with Gasteiger partial charge in [-0.15, -0.1) is 11.3 Å². The summed E-state index contributed by atoms with van der Waals surface area (Å²) >= 11 is 1.45. The predicted molar refractivity (Wildman–Crippen MR) is 66.5 cm³/mol. The molecule has 1 unspecified atom stereocenters. The molecule has 1 aromatic carbocycles. The minimum Gasteiger partial charge on any atom is -0.505 e. The van der Waals surface area contributed by atoms with E-state index in [1.165, 1.54) is 23.5 Å². The minimum absolute atomic E-state index is 0.0804. The van der Waals surface area contributed by atoms with Crippen LogP contribution >= 0.6 is 11.3 Å². The zero-order chi connectivity index (χ0) is 12.6. The molecule has 2 aromatic rings. The number of aromatic nitrogens is 1. The van der Waals surface area contributed by atoms with Gasteiger partial charge >= 0.3 is 0 Å². The maximum atomic E-state index is 13.2. The summed E-state index contributed by atoms with van der Waals surface area (Å²) in [5.41, 5.74) is 7.34. The second-order valence-electron chi connectivity index (χ2n) is 3.92. The van der Waals surface area contributed by atoms with Crippen molar-refractivity contribution in [1.82, 2.24) is 4.98 Å². The molecule has 0 amide bonds. The van der Waals surface area contributed by atoms with E-state index in [2.05, 4.69) is 4.98 Å². The van der Waals surface area contributed by atoms with Gasteiger partial charge in [0, 0.05) is 16.5 Å². The highest BCUT2D eigenvalue weighted by molar-refractivity contribution is 7.15. The summed E-state index contributed by atoms with van der Waals surface area (Å²) < 4.78 is 13.2. The topological polar surface area (TPSA) is 59.1 Å². The van der Waals surface area contributed by atoms with E-state index in [4.69, 9.17) is 10.8 Å². The van der Waals surface area contributed by atoms with Crippen LogP contribution in [-0.2, 0) is 0 Å². The third kappa shape index (κ3) is 2.30. The number of rotatable bonds is 2. The summed E-state index contributed by atoms with van der Waals surface area (Å²) in [6, 6.07) is 4.16. The second kappa shape index (κ2) is 4.43. The SMILES string of the molecule is Cc1nc(-c2ccc(O)c(F)c2)sc1C(C)N. The Bertz CT molecular complexity index is 551. The van der Waals surface area contributed by atoms with Crippen molar-refractivity contribution in [3.8, 4) is 16.3 Å². The van der Waals surface area contributed by atoms with Gasteiger partial charge in [0.2, 0.25) is 0 Å². The van der Waals surface area contributed by atoms with Gasteiger partial charge in [-0.05, 0) is 32.0 Å². The monoisotopic (exact) mass is 252 g/mol. The van der Waals surface area contributed by atoms with Crippen molar-refractivity contribution in [2.45, 2.75) is 19.9 Å². The molecule has 1 atom stereocenters. The maximum absolute atomic E-state index is 13.2. The zero-order valence-electron chi connectivity index (χ0n) is 9.57. The molecular formula is C12H13FN2OS. The van der Waals surface area contributed by atoms with Gasteiger partial charge in [-0.3, -0.25) is 0 Å². The largest absolute Gasteiger partial charge is 0.505 e. The smallest absolute Gasteiger partial charge is 0.165 e. The molecule has 3 nitrogen and oxygen atoms in total. The number of nitrogens with two attached hydrogens (primary N) is 1. The molecular weight excluding hydrogens is 239 g/mol. The first kappa shape index (κ1) is 12.0. The van der Waals surface area contributed by atoms with Crippen molar-refractivity contribution < 1.29 is 9.50 Å². The molecule has 0 radical (unpaired) electrons. The molecule has 1 aromatic heterocycles. The van der Waals surface area contributed by atoms with Crippen LogP contribution < -0.4 is 5.73 Å². The highest BCUT2D eigenvalue weighted by atomic mass is 32.1. The molecule has 0 spiro atoms. The van der Waals surface area contributed by atoms with Crippen LogP contribution in [0.4, 0.5) is 4.39 Å². The third-order valence-electron chi connectivity index (χ3n) is 2.44. The average Bonchev–Trinajstić information content (AvgIpc) is 2.64. The summed E-state index contributed by atoms with van der Waals surface area (Å²) in [6.07, 6.45) is 0. The molecule has 0 bridgehead atoms. The van der Waals surface area contributed by atoms with Crippen LogP contribution in [0.1, 0.15) is 23.5 Å². The zero-order valence-corrected chi connectivity index (χ0v) is 10.4. The lowest BCUT2D eigenvalue weighted by Gasteiger charge is -2.00. The molecule has 1 heterocycles. The Morgan fingerprint density at radius 1 is 1.47 bits per heavy atom. The number of nitrogens with zero attached hydrogens (tertiary/aromatic N) is 1. The molecule has 0 saturated heterocycles. The molecule has 0 saturated carbocycles. The first-order valence-electron chi connectivity index (χ1n) is 5.21. The Labute approximate surface area is 103 Å². The molecule has 2 rings (SSSR count). The Kier molecular flexibility index (Phi) is 3.13. The number of thiazole rings is 1. The Morgan fingerprint density at radius 3 is 2.71 bits per heavy atom. The molecule has 5 heteroatoms. The highest BCUT2D eigenvalue weighted by Crippen LogP contribution is 2.32. The highest BCUT2D eigenvalue weighted by Gasteiger charge is 2.13. The summed E-state index contributed by atoms with van der Waals surface area (Å²) in [5.74, 6) is -0.993. The van der Waals surface area contributed by atoms with Crippen LogP contribution in [0.2, 0.25) is 0 Å². The molecule has 0 aliphatic rings. The summed E-state index contributed by atoms with van der Waals surface area (Å²) in [6.45, 7) is 3.77. The predicted octanol–water partition coefficient (Wildman–Crippen LogP) is 2.98. The van der Waals surface area contributed by atoms with Gasteiger partial charge in [0.05, 0.1) is 5.69 Å². The van der Waals surface area contributed by atoms with Gasteiger partial charge in [-0.1, -0.05) is 0 Å². The summed E-state index contributed by atoms with van der Waals surface area (Å²) in [5, 5.41) is 9.84. The Balaban J connectivity index is 2.46. The molecule has 0 aliphatic carbocycles. The first-order chi connectivity index (χ1) is 7.99. The van der Waals surface area contributed by atoms with E-state index in [1.54, 1.807) is 6.07 Å². The van der Waals surface area contributed by atoms with Crippen LogP contribution in [0.3, 0.4) is 0 Å². The quantitative estimate of drug-likeness (QED) is 0.863. The van der Waals surface area contributed by atoms with E-state index in [9.17, 15) is 4.39 Å².